The molecule has 6 heteroatoms. The predicted molar refractivity (Wildman–Crippen MR) is 83.7 cm³/mol. The van der Waals surface area contributed by atoms with E-state index < -0.39 is 0 Å². The second-order valence-electron chi connectivity index (χ2n) is 4.47. The molecule has 0 radical (unpaired) electrons. The third kappa shape index (κ3) is 4.07. The molecule has 1 heterocycles. The van der Waals surface area contributed by atoms with E-state index in [1.807, 2.05) is 31.2 Å². The Morgan fingerprint density at radius 3 is 2.67 bits per heavy atom. The summed E-state index contributed by atoms with van der Waals surface area (Å²) in [6.45, 7) is 4.74. The van der Waals surface area contributed by atoms with Gasteiger partial charge < -0.3 is 4.74 Å². The van der Waals surface area contributed by atoms with Crippen molar-refractivity contribution < 1.29 is 14.3 Å². The number of carbonyl (C=O) groups excluding carboxylic acids is 2. The minimum atomic E-state index is -0.231. The highest BCUT2D eigenvalue weighted by molar-refractivity contribution is 8.15. The van der Waals surface area contributed by atoms with Gasteiger partial charge in [-0.1, -0.05) is 23.9 Å². The molecule has 1 fully saturated rings. The fraction of sp³-hybridized carbons (Fsp3) is 0.400. The Labute approximate surface area is 128 Å². The molecule has 21 heavy (non-hydrogen) atoms. The first-order valence-electron chi connectivity index (χ1n) is 6.90. The number of rotatable bonds is 5. The number of ether oxygens (including phenoxy) is 1. The fourth-order valence-electron chi connectivity index (χ4n) is 1.97. The molecule has 1 aromatic carbocycles. The third-order valence-corrected chi connectivity index (χ3v) is 3.95. The highest BCUT2D eigenvalue weighted by atomic mass is 32.2. The van der Waals surface area contributed by atoms with Crippen LogP contribution < -0.4 is 0 Å². The highest BCUT2D eigenvalue weighted by Crippen LogP contribution is 2.23. The number of esters is 1. The van der Waals surface area contributed by atoms with Crippen LogP contribution in [0, 0.1) is 0 Å². The number of aliphatic imine (C=N–C) groups is 1. The minimum absolute atomic E-state index is 0.0974. The number of hydrogen-bond acceptors (Lipinski definition) is 5. The molecule has 0 aliphatic carbocycles. The molecule has 1 aliphatic rings. The van der Waals surface area contributed by atoms with Gasteiger partial charge in [-0.05, 0) is 31.5 Å². The van der Waals surface area contributed by atoms with Crippen LogP contribution in [0.5, 0.6) is 0 Å². The van der Waals surface area contributed by atoms with Gasteiger partial charge in [0.25, 0.3) is 0 Å². The standard InChI is InChI=1S/C15H18N2O3S/c1-3-17-13(18)10-21-15(17)16-12-7-5-11(6-8-12)9-14(19)20-4-2/h5-8H,3-4,9-10H2,1-2H3/b16-15-. The monoisotopic (exact) mass is 306 g/mol. The van der Waals surface area contributed by atoms with Gasteiger partial charge in [0.05, 0.1) is 24.5 Å². The highest BCUT2D eigenvalue weighted by Gasteiger charge is 2.26. The van der Waals surface area contributed by atoms with E-state index in [9.17, 15) is 9.59 Å². The molecule has 1 saturated heterocycles. The molecule has 0 atom stereocenters. The molecule has 0 saturated carbocycles. The van der Waals surface area contributed by atoms with Gasteiger partial charge in [-0.25, -0.2) is 4.99 Å². The summed E-state index contributed by atoms with van der Waals surface area (Å²) in [5.74, 6) is 0.319. The van der Waals surface area contributed by atoms with E-state index in [4.69, 9.17) is 4.74 Å². The number of amidine groups is 1. The average molecular weight is 306 g/mol. The number of carbonyl (C=O) groups is 2. The maximum absolute atomic E-state index is 11.6. The number of benzene rings is 1. The molecule has 0 spiro atoms. The van der Waals surface area contributed by atoms with E-state index in [-0.39, 0.29) is 18.3 Å². The van der Waals surface area contributed by atoms with E-state index in [1.165, 1.54) is 11.8 Å². The Morgan fingerprint density at radius 2 is 2.05 bits per heavy atom. The Bertz CT molecular complexity index is 555. The second-order valence-corrected chi connectivity index (χ2v) is 5.41. The lowest BCUT2D eigenvalue weighted by Crippen LogP contribution is -2.28. The number of nitrogens with zero attached hydrogens (tertiary/aromatic N) is 2. The van der Waals surface area contributed by atoms with Crippen molar-refractivity contribution in [3.63, 3.8) is 0 Å². The second kappa shape index (κ2) is 7.26. The summed E-state index contributed by atoms with van der Waals surface area (Å²) in [7, 11) is 0. The molecule has 1 aliphatic heterocycles. The van der Waals surface area contributed by atoms with Crippen LogP contribution in [0.2, 0.25) is 0 Å². The molecular formula is C15H18N2O3S. The molecule has 0 bridgehead atoms. The Balaban J connectivity index is 2.05. The molecule has 1 amide bonds. The van der Waals surface area contributed by atoms with Gasteiger partial charge in [0, 0.05) is 6.54 Å². The Kier molecular flexibility index (Phi) is 5.38. The Hall–Kier alpha value is -1.82. The molecule has 0 aromatic heterocycles. The van der Waals surface area contributed by atoms with Crippen LogP contribution in [0.1, 0.15) is 19.4 Å². The van der Waals surface area contributed by atoms with Crippen LogP contribution in [0.25, 0.3) is 0 Å². The third-order valence-electron chi connectivity index (χ3n) is 2.99. The van der Waals surface area contributed by atoms with Crippen molar-refractivity contribution in [3.05, 3.63) is 29.8 Å². The molecular weight excluding hydrogens is 288 g/mol. The van der Waals surface area contributed by atoms with Gasteiger partial charge in [0.15, 0.2) is 5.17 Å². The predicted octanol–water partition coefficient (Wildman–Crippen LogP) is 2.38. The molecule has 112 valence electrons. The van der Waals surface area contributed by atoms with Gasteiger partial charge in [-0.15, -0.1) is 0 Å². The van der Waals surface area contributed by atoms with Gasteiger partial charge in [-0.3, -0.25) is 14.5 Å². The van der Waals surface area contributed by atoms with E-state index in [2.05, 4.69) is 4.99 Å². The van der Waals surface area contributed by atoms with Crippen LogP contribution in [-0.2, 0) is 20.7 Å². The lowest BCUT2D eigenvalue weighted by atomic mass is 10.1. The van der Waals surface area contributed by atoms with Gasteiger partial charge >= 0.3 is 5.97 Å². The lowest BCUT2D eigenvalue weighted by molar-refractivity contribution is -0.142. The van der Waals surface area contributed by atoms with Crippen molar-refractivity contribution in [2.45, 2.75) is 20.3 Å². The summed E-state index contributed by atoms with van der Waals surface area (Å²) in [5, 5.41) is 0.737. The zero-order valence-corrected chi connectivity index (χ0v) is 13.0. The summed E-state index contributed by atoms with van der Waals surface area (Å²) in [4.78, 5) is 29.2. The average Bonchev–Trinajstić information content (AvgIpc) is 2.81. The maximum Gasteiger partial charge on any atom is 0.310 e. The first kappa shape index (κ1) is 15.6. The number of thioether (sulfide) groups is 1. The molecule has 0 unspecified atom stereocenters. The van der Waals surface area contributed by atoms with Crippen molar-refractivity contribution in [3.8, 4) is 0 Å². The van der Waals surface area contributed by atoms with Crippen LogP contribution in [-0.4, -0.2) is 40.8 Å². The van der Waals surface area contributed by atoms with Crippen LogP contribution in [0.15, 0.2) is 29.3 Å². The van der Waals surface area contributed by atoms with E-state index in [0.29, 0.717) is 18.9 Å². The van der Waals surface area contributed by atoms with Gasteiger partial charge in [0.2, 0.25) is 5.91 Å². The molecule has 1 aromatic rings. The quantitative estimate of drug-likeness (QED) is 0.784. The summed E-state index contributed by atoms with van der Waals surface area (Å²) in [6, 6.07) is 7.40. The number of hydrogen-bond donors (Lipinski definition) is 0. The zero-order valence-electron chi connectivity index (χ0n) is 12.2. The van der Waals surface area contributed by atoms with Crippen LogP contribution in [0.4, 0.5) is 5.69 Å². The lowest BCUT2D eigenvalue weighted by Gasteiger charge is -2.12. The molecule has 0 N–H and O–H groups in total. The largest absolute Gasteiger partial charge is 0.466 e. The summed E-state index contributed by atoms with van der Waals surface area (Å²) in [6.07, 6.45) is 0.263. The van der Waals surface area contributed by atoms with E-state index >= 15 is 0 Å². The van der Waals surface area contributed by atoms with Crippen molar-refractivity contribution in [1.82, 2.24) is 4.90 Å². The normalized spacial score (nSPS) is 16.6. The topological polar surface area (TPSA) is 59.0 Å². The van der Waals surface area contributed by atoms with E-state index in [0.717, 1.165) is 16.4 Å². The smallest absolute Gasteiger partial charge is 0.310 e. The molecule has 5 nitrogen and oxygen atoms in total. The summed E-state index contributed by atoms with van der Waals surface area (Å²) < 4.78 is 4.91. The fourth-order valence-corrected chi connectivity index (χ4v) is 2.94. The zero-order chi connectivity index (χ0) is 15.2. The first-order chi connectivity index (χ1) is 10.1. The SMILES string of the molecule is CCOC(=O)Cc1ccc(/N=C2\SCC(=O)N2CC)cc1. The van der Waals surface area contributed by atoms with Crippen molar-refractivity contribution in [2.75, 3.05) is 18.9 Å². The number of amides is 1. The minimum Gasteiger partial charge on any atom is -0.466 e. The molecule has 2 rings (SSSR count). The Morgan fingerprint density at radius 1 is 1.33 bits per heavy atom. The summed E-state index contributed by atoms with van der Waals surface area (Å²) >= 11 is 1.45. The van der Waals surface area contributed by atoms with Crippen molar-refractivity contribution in [1.29, 1.82) is 0 Å². The first-order valence-corrected chi connectivity index (χ1v) is 7.89. The van der Waals surface area contributed by atoms with Gasteiger partial charge in [0.1, 0.15) is 0 Å². The maximum atomic E-state index is 11.6. The van der Waals surface area contributed by atoms with Crippen LogP contribution >= 0.6 is 11.8 Å². The van der Waals surface area contributed by atoms with Crippen LogP contribution in [0.3, 0.4) is 0 Å². The van der Waals surface area contributed by atoms with E-state index in [1.54, 1.807) is 11.8 Å². The summed E-state index contributed by atoms with van der Waals surface area (Å²) in [5.41, 5.74) is 1.66. The van der Waals surface area contributed by atoms with Gasteiger partial charge in [-0.2, -0.15) is 0 Å². The van der Waals surface area contributed by atoms with Crippen molar-refractivity contribution >= 4 is 34.5 Å². The van der Waals surface area contributed by atoms with Crippen molar-refractivity contribution in [2.24, 2.45) is 4.99 Å².